The van der Waals surface area contributed by atoms with Crippen LogP contribution in [0.5, 0.6) is 0 Å². The maximum Gasteiger partial charge on any atom is 0.232 e. The Kier molecular flexibility index (Phi) is 4.93. The molecule has 0 aliphatic heterocycles. The molecule has 1 fully saturated rings. The molecule has 0 radical (unpaired) electrons. The predicted octanol–water partition coefficient (Wildman–Crippen LogP) is 2.74. The van der Waals surface area contributed by atoms with Gasteiger partial charge in [-0.15, -0.1) is 0 Å². The second kappa shape index (κ2) is 6.98. The molecule has 3 N–H and O–H groups in total. The minimum atomic E-state index is -1.40. The first-order valence-corrected chi connectivity index (χ1v) is 8.76. The van der Waals surface area contributed by atoms with Crippen LogP contribution in [0.15, 0.2) is 60.7 Å². The number of hydrogen-bond acceptors (Lipinski definition) is 3. The Morgan fingerprint density at radius 3 is 2.36 bits per heavy atom. The van der Waals surface area contributed by atoms with Gasteiger partial charge in [-0.25, -0.2) is 0 Å². The van der Waals surface area contributed by atoms with Crippen molar-refractivity contribution in [2.75, 3.05) is 0 Å². The number of rotatable bonds is 4. The van der Waals surface area contributed by atoms with Crippen LogP contribution in [0.1, 0.15) is 37.3 Å². The third-order valence-electron chi connectivity index (χ3n) is 5.56. The number of nitrogens with one attached hydrogen (secondary N) is 1. The van der Waals surface area contributed by atoms with E-state index in [9.17, 15) is 15.0 Å². The fraction of sp³-hybridized carbons (Fsp3) is 0.381. The van der Waals surface area contributed by atoms with E-state index in [-0.39, 0.29) is 5.91 Å². The van der Waals surface area contributed by atoms with E-state index in [0.29, 0.717) is 31.4 Å². The Balaban J connectivity index is 1.89. The SMILES string of the molecule is C[C@]1(C(=O)NCc2ccccc2)[C@@H](O)CCC[C@]1(O)c1ccccc1. The van der Waals surface area contributed by atoms with E-state index >= 15 is 0 Å². The van der Waals surface area contributed by atoms with Crippen molar-refractivity contribution < 1.29 is 15.0 Å². The Labute approximate surface area is 148 Å². The first-order chi connectivity index (χ1) is 12.0. The van der Waals surface area contributed by atoms with Gasteiger partial charge in [-0.1, -0.05) is 60.7 Å². The summed E-state index contributed by atoms with van der Waals surface area (Å²) in [5.41, 5.74) is -1.05. The highest BCUT2D eigenvalue weighted by Crippen LogP contribution is 2.50. The summed E-state index contributed by atoms with van der Waals surface area (Å²) in [7, 11) is 0. The first kappa shape index (κ1) is 17.6. The van der Waals surface area contributed by atoms with Crippen molar-refractivity contribution in [2.24, 2.45) is 5.41 Å². The maximum absolute atomic E-state index is 13.1. The van der Waals surface area contributed by atoms with Crippen LogP contribution >= 0.6 is 0 Å². The maximum atomic E-state index is 13.1. The molecule has 4 heteroatoms. The zero-order valence-corrected chi connectivity index (χ0v) is 14.5. The van der Waals surface area contributed by atoms with E-state index in [1.54, 1.807) is 6.92 Å². The van der Waals surface area contributed by atoms with Gasteiger partial charge < -0.3 is 15.5 Å². The lowest BCUT2D eigenvalue weighted by Crippen LogP contribution is -2.61. The molecular formula is C21H25NO3. The van der Waals surface area contributed by atoms with Crippen LogP contribution in [0.25, 0.3) is 0 Å². The molecule has 0 unspecified atom stereocenters. The third-order valence-corrected chi connectivity index (χ3v) is 5.56. The zero-order chi connectivity index (χ0) is 17.9. The quantitative estimate of drug-likeness (QED) is 0.802. The average molecular weight is 339 g/mol. The van der Waals surface area contributed by atoms with Gasteiger partial charge in [0.25, 0.3) is 0 Å². The molecule has 4 nitrogen and oxygen atoms in total. The smallest absolute Gasteiger partial charge is 0.232 e. The summed E-state index contributed by atoms with van der Waals surface area (Å²) in [6, 6.07) is 18.8. The molecule has 0 heterocycles. The van der Waals surface area contributed by atoms with E-state index in [2.05, 4.69) is 5.32 Å². The highest BCUT2D eigenvalue weighted by atomic mass is 16.3. The Bertz CT molecular complexity index is 718. The van der Waals surface area contributed by atoms with Gasteiger partial charge in [-0.05, 0) is 37.3 Å². The van der Waals surface area contributed by atoms with E-state index in [1.807, 2.05) is 60.7 Å². The monoisotopic (exact) mass is 339 g/mol. The molecule has 1 amide bonds. The van der Waals surface area contributed by atoms with Crippen LogP contribution in [0.3, 0.4) is 0 Å². The van der Waals surface area contributed by atoms with E-state index < -0.39 is 17.1 Å². The van der Waals surface area contributed by atoms with E-state index in [4.69, 9.17) is 0 Å². The molecule has 25 heavy (non-hydrogen) atoms. The lowest BCUT2D eigenvalue weighted by molar-refractivity contribution is -0.185. The summed E-state index contributed by atoms with van der Waals surface area (Å²) in [5.74, 6) is -0.324. The molecule has 3 atom stereocenters. The summed E-state index contributed by atoms with van der Waals surface area (Å²) in [6.07, 6.45) is 0.726. The van der Waals surface area contributed by atoms with Gasteiger partial charge in [0.15, 0.2) is 0 Å². The summed E-state index contributed by atoms with van der Waals surface area (Å²) in [6.45, 7) is 2.04. The molecule has 132 valence electrons. The van der Waals surface area contributed by atoms with Crippen molar-refractivity contribution in [3.63, 3.8) is 0 Å². The van der Waals surface area contributed by atoms with Crippen molar-refractivity contribution in [2.45, 2.75) is 44.4 Å². The summed E-state index contributed by atoms with van der Waals surface area (Å²) >= 11 is 0. The number of carbonyl (C=O) groups excluding carboxylic acids is 1. The Morgan fingerprint density at radius 2 is 1.72 bits per heavy atom. The minimum Gasteiger partial charge on any atom is -0.392 e. The number of carbonyl (C=O) groups is 1. The van der Waals surface area contributed by atoms with Gasteiger partial charge in [0.1, 0.15) is 11.0 Å². The molecule has 0 bridgehead atoms. The second-order valence-electron chi connectivity index (χ2n) is 7.00. The van der Waals surface area contributed by atoms with E-state index in [0.717, 1.165) is 5.56 Å². The van der Waals surface area contributed by atoms with Crippen molar-refractivity contribution in [1.29, 1.82) is 0 Å². The van der Waals surface area contributed by atoms with Crippen LogP contribution in [0.4, 0.5) is 0 Å². The summed E-state index contributed by atoms with van der Waals surface area (Å²) < 4.78 is 0. The van der Waals surface area contributed by atoms with Crippen molar-refractivity contribution in [3.8, 4) is 0 Å². The Morgan fingerprint density at radius 1 is 1.12 bits per heavy atom. The van der Waals surface area contributed by atoms with Crippen LogP contribution < -0.4 is 5.32 Å². The summed E-state index contributed by atoms with van der Waals surface area (Å²) in [4.78, 5) is 13.1. The molecule has 0 aromatic heterocycles. The van der Waals surface area contributed by atoms with Gasteiger partial charge in [-0.2, -0.15) is 0 Å². The number of amides is 1. The molecule has 0 saturated heterocycles. The second-order valence-corrected chi connectivity index (χ2v) is 7.00. The van der Waals surface area contributed by atoms with Gasteiger partial charge in [0, 0.05) is 6.54 Å². The fourth-order valence-electron chi connectivity index (χ4n) is 3.83. The highest BCUT2D eigenvalue weighted by molar-refractivity contribution is 5.85. The van der Waals surface area contributed by atoms with Gasteiger partial charge in [0.05, 0.1) is 6.10 Å². The normalized spacial score (nSPS) is 29.2. The molecule has 1 aliphatic rings. The highest BCUT2D eigenvalue weighted by Gasteiger charge is 2.59. The zero-order valence-electron chi connectivity index (χ0n) is 14.5. The van der Waals surface area contributed by atoms with E-state index in [1.165, 1.54) is 0 Å². The molecule has 3 rings (SSSR count). The molecule has 2 aromatic carbocycles. The number of benzene rings is 2. The lowest BCUT2D eigenvalue weighted by atomic mass is 9.59. The largest absolute Gasteiger partial charge is 0.392 e. The number of hydrogen-bond donors (Lipinski definition) is 3. The predicted molar refractivity (Wildman–Crippen MR) is 96.6 cm³/mol. The van der Waals surface area contributed by atoms with Crippen molar-refractivity contribution >= 4 is 5.91 Å². The molecular weight excluding hydrogens is 314 g/mol. The third kappa shape index (κ3) is 3.08. The van der Waals surface area contributed by atoms with Crippen molar-refractivity contribution in [1.82, 2.24) is 5.32 Å². The molecule has 1 saturated carbocycles. The fourth-order valence-corrected chi connectivity index (χ4v) is 3.83. The van der Waals surface area contributed by atoms with Gasteiger partial charge in [0.2, 0.25) is 5.91 Å². The lowest BCUT2D eigenvalue weighted by Gasteiger charge is -2.50. The standard InChI is InChI=1S/C21H25NO3/c1-20(19(24)22-15-16-9-4-2-5-10-16)18(23)13-8-14-21(20,25)17-11-6-3-7-12-17/h2-7,9-12,18,23,25H,8,13-15H2,1H3,(H,22,24)/t18-,20+,21-/m0/s1. The average Bonchev–Trinajstić information content (AvgIpc) is 2.65. The van der Waals surface area contributed by atoms with Crippen LogP contribution in [0.2, 0.25) is 0 Å². The molecule has 1 aliphatic carbocycles. The van der Waals surface area contributed by atoms with Gasteiger partial charge in [-0.3, -0.25) is 4.79 Å². The first-order valence-electron chi connectivity index (χ1n) is 8.76. The molecule has 0 spiro atoms. The van der Waals surface area contributed by atoms with Gasteiger partial charge >= 0.3 is 0 Å². The summed E-state index contributed by atoms with van der Waals surface area (Å²) in [5, 5.41) is 25.1. The van der Waals surface area contributed by atoms with Crippen LogP contribution in [0, 0.1) is 5.41 Å². The Hall–Kier alpha value is -2.17. The molecule has 2 aromatic rings. The van der Waals surface area contributed by atoms with Crippen molar-refractivity contribution in [3.05, 3.63) is 71.8 Å². The number of aliphatic hydroxyl groups excluding tert-OH is 1. The topological polar surface area (TPSA) is 69.6 Å². The number of aliphatic hydroxyl groups is 2. The van der Waals surface area contributed by atoms with Crippen LogP contribution in [-0.4, -0.2) is 22.2 Å². The van der Waals surface area contributed by atoms with Crippen LogP contribution in [-0.2, 0) is 16.9 Å². The minimum absolute atomic E-state index is 0.324.